The van der Waals surface area contributed by atoms with E-state index in [1.807, 2.05) is 12.1 Å². The van der Waals surface area contributed by atoms with Crippen molar-refractivity contribution in [3.8, 4) is 0 Å². The molecule has 1 aromatic carbocycles. The van der Waals surface area contributed by atoms with Crippen LogP contribution in [-0.2, 0) is 14.6 Å². The van der Waals surface area contributed by atoms with Crippen molar-refractivity contribution in [3.63, 3.8) is 0 Å². The predicted octanol–water partition coefficient (Wildman–Crippen LogP) is 2.24. The highest BCUT2D eigenvalue weighted by Gasteiger charge is 2.20. The first-order valence-electron chi connectivity index (χ1n) is 9.88. The Morgan fingerprint density at radius 2 is 1.79 bits per heavy atom. The number of piperazine rings is 1. The highest BCUT2D eigenvalue weighted by atomic mass is 32.2. The van der Waals surface area contributed by atoms with Crippen LogP contribution in [0.15, 0.2) is 53.6 Å². The molecule has 156 valence electrons. The molecule has 1 aromatic heterocycles. The minimum atomic E-state index is -3.22. The van der Waals surface area contributed by atoms with Gasteiger partial charge in [0.1, 0.15) is 5.82 Å². The number of carbonyl (C=O) groups excluding carboxylic acids is 1. The Labute approximate surface area is 172 Å². The maximum Gasteiger partial charge on any atom is 0.339 e. The summed E-state index contributed by atoms with van der Waals surface area (Å²) in [4.78, 5) is 20.9. The molecule has 1 saturated heterocycles. The monoisotopic (exact) mass is 417 g/mol. The fourth-order valence-electron chi connectivity index (χ4n) is 3.33. The lowest BCUT2D eigenvalue weighted by atomic mass is 10.2. The van der Waals surface area contributed by atoms with Crippen molar-refractivity contribution < 1.29 is 17.9 Å². The third-order valence-corrected chi connectivity index (χ3v) is 6.76. The van der Waals surface area contributed by atoms with Crippen LogP contribution < -0.4 is 4.90 Å². The molecule has 3 rings (SSSR count). The number of hydrogen-bond donors (Lipinski definition) is 0. The van der Waals surface area contributed by atoms with Crippen LogP contribution in [0.2, 0.25) is 0 Å². The van der Waals surface area contributed by atoms with Crippen LogP contribution in [-0.4, -0.2) is 69.4 Å². The molecule has 0 aliphatic carbocycles. The number of carbonyl (C=O) groups is 1. The van der Waals surface area contributed by atoms with Gasteiger partial charge in [0.05, 0.1) is 22.8 Å². The molecule has 8 heteroatoms. The molecule has 2 heterocycles. The number of benzene rings is 1. The maximum absolute atomic E-state index is 12.4. The van der Waals surface area contributed by atoms with Crippen LogP contribution >= 0.6 is 0 Å². The smallest absolute Gasteiger partial charge is 0.339 e. The molecule has 1 aliphatic heterocycles. The molecule has 1 fully saturated rings. The van der Waals surface area contributed by atoms with Crippen LogP contribution in [0.1, 0.15) is 23.7 Å². The van der Waals surface area contributed by atoms with Crippen LogP contribution in [0.5, 0.6) is 0 Å². The van der Waals surface area contributed by atoms with Crippen LogP contribution in [0.25, 0.3) is 0 Å². The summed E-state index contributed by atoms with van der Waals surface area (Å²) in [6, 6.07) is 12.2. The molecule has 1 aliphatic rings. The lowest BCUT2D eigenvalue weighted by Crippen LogP contribution is -2.47. The Hall–Kier alpha value is -2.45. The van der Waals surface area contributed by atoms with E-state index in [9.17, 15) is 13.2 Å². The predicted molar refractivity (Wildman–Crippen MR) is 112 cm³/mol. The summed E-state index contributed by atoms with van der Waals surface area (Å²) in [5, 5.41) is 0. The summed E-state index contributed by atoms with van der Waals surface area (Å²) in [6.45, 7) is 6.22. The second kappa shape index (κ2) is 9.84. The van der Waals surface area contributed by atoms with E-state index in [1.165, 1.54) is 0 Å². The molecule has 0 atom stereocenters. The summed E-state index contributed by atoms with van der Waals surface area (Å²) >= 11 is 0. The highest BCUT2D eigenvalue weighted by molar-refractivity contribution is 7.91. The highest BCUT2D eigenvalue weighted by Crippen LogP contribution is 2.16. The van der Waals surface area contributed by atoms with Gasteiger partial charge in [0.25, 0.3) is 0 Å². The van der Waals surface area contributed by atoms with Gasteiger partial charge in [0.2, 0.25) is 0 Å². The van der Waals surface area contributed by atoms with Gasteiger partial charge in [-0.25, -0.2) is 18.2 Å². The number of aromatic nitrogens is 1. The Balaban J connectivity index is 1.44. The lowest BCUT2D eigenvalue weighted by molar-refractivity contribution is 0.0526. The number of sulfone groups is 1. The molecule has 0 saturated carbocycles. The van der Waals surface area contributed by atoms with Crippen molar-refractivity contribution in [3.05, 3.63) is 54.2 Å². The van der Waals surface area contributed by atoms with Crippen molar-refractivity contribution >= 4 is 21.6 Å². The first kappa shape index (κ1) is 21.3. The zero-order valence-corrected chi connectivity index (χ0v) is 17.5. The molecule has 7 nitrogen and oxygen atoms in total. The third-order valence-electron chi connectivity index (χ3n) is 4.95. The van der Waals surface area contributed by atoms with E-state index >= 15 is 0 Å². The van der Waals surface area contributed by atoms with Gasteiger partial charge in [-0.05, 0) is 44.2 Å². The number of hydrogen-bond acceptors (Lipinski definition) is 7. The van der Waals surface area contributed by atoms with E-state index in [4.69, 9.17) is 4.74 Å². The van der Waals surface area contributed by atoms with Crippen LogP contribution in [0.4, 0.5) is 5.82 Å². The normalized spacial score (nSPS) is 15.3. The molecular formula is C21H27N3O4S. The van der Waals surface area contributed by atoms with E-state index in [0.29, 0.717) is 23.5 Å². The number of nitrogens with zero attached hydrogens (tertiary/aromatic N) is 3. The topological polar surface area (TPSA) is 79.8 Å². The number of rotatable bonds is 8. The summed E-state index contributed by atoms with van der Waals surface area (Å²) in [6.07, 6.45) is 2.16. The fourth-order valence-corrected chi connectivity index (χ4v) is 4.65. The Bertz CT molecular complexity index is 893. The van der Waals surface area contributed by atoms with Crippen molar-refractivity contribution in [2.75, 3.05) is 50.0 Å². The summed E-state index contributed by atoms with van der Waals surface area (Å²) in [5.41, 5.74) is 0.453. The molecule has 0 bridgehead atoms. The molecule has 0 N–H and O–H groups in total. The minimum absolute atomic E-state index is 0.161. The molecule has 29 heavy (non-hydrogen) atoms. The fraction of sp³-hybridized carbons (Fsp3) is 0.429. The standard InChI is InChI=1S/C21H27N3O4S/c1-2-28-21(25)18-9-10-20(22-17-18)24-14-12-23(13-15-24)11-6-16-29(26,27)19-7-4-3-5-8-19/h3-5,7-10,17H,2,6,11-16H2,1H3. The quantitative estimate of drug-likeness (QED) is 0.610. The Morgan fingerprint density at radius 3 is 2.41 bits per heavy atom. The van der Waals surface area contributed by atoms with E-state index in [0.717, 1.165) is 38.5 Å². The van der Waals surface area contributed by atoms with Crippen LogP contribution in [0.3, 0.4) is 0 Å². The average molecular weight is 418 g/mol. The molecule has 2 aromatic rings. The van der Waals surface area contributed by atoms with Crippen molar-refractivity contribution in [1.82, 2.24) is 9.88 Å². The second-order valence-corrected chi connectivity index (χ2v) is 9.05. The van der Waals surface area contributed by atoms with Crippen molar-refractivity contribution in [1.29, 1.82) is 0 Å². The van der Waals surface area contributed by atoms with E-state index in [1.54, 1.807) is 43.5 Å². The number of ether oxygens (including phenoxy) is 1. The third kappa shape index (κ3) is 5.77. The van der Waals surface area contributed by atoms with Gasteiger partial charge in [-0.3, -0.25) is 4.90 Å². The molecule has 0 unspecified atom stereocenters. The molecule has 0 spiro atoms. The maximum atomic E-state index is 12.4. The summed E-state index contributed by atoms with van der Waals surface area (Å²) in [7, 11) is -3.22. The Kier molecular flexibility index (Phi) is 7.22. The first-order valence-corrected chi connectivity index (χ1v) is 11.5. The van der Waals surface area contributed by atoms with E-state index in [-0.39, 0.29) is 11.7 Å². The minimum Gasteiger partial charge on any atom is -0.462 e. The SMILES string of the molecule is CCOC(=O)c1ccc(N2CCN(CCCS(=O)(=O)c3ccccc3)CC2)nc1. The van der Waals surface area contributed by atoms with Crippen molar-refractivity contribution in [2.24, 2.45) is 0 Å². The number of anilines is 1. The van der Waals surface area contributed by atoms with Gasteiger partial charge in [0, 0.05) is 32.4 Å². The van der Waals surface area contributed by atoms with Gasteiger partial charge >= 0.3 is 5.97 Å². The first-order chi connectivity index (χ1) is 14.0. The van der Waals surface area contributed by atoms with Gasteiger partial charge in [-0.2, -0.15) is 0 Å². The second-order valence-electron chi connectivity index (χ2n) is 6.94. The molecule has 0 amide bonds. The average Bonchev–Trinajstić information content (AvgIpc) is 2.75. The molecular weight excluding hydrogens is 390 g/mol. The lowest BCUT2D eigenvalue weighted by Gasteiger charge is -2.35. The summed E-state index contributed by atoms with van der Waals surface area (Å²) in [5.74, 6) is 0.639. The van der Waals surface area contributed by atoms with Gasteiger partial charge in [0.15, 0.2) is 9.84 Å². The Morgan fingerprint density at radius 1 is 1.07 bits per heavy atom. The molecule has 0 radical (unpaired) electrons. The zero-order chi connectivity index (χ0) is 20.7. The van der Waals surface area contributed by atoms with E-state index < -0.39 is 9.84 Å². The van der Waals surface area contributed by atoms with Crippen molar-refractivity contribution in [2.45, 2.75) is 18.2 Å². The van der Waals surface area contributed by atoms with Gasteiger partial charge in [-0.15, -0.1) is 0 Å². The van der Waals surface area contributed by atoms with Gasteiger partial charge < -0.3 is 9.64 Å². The van der Waals surface area contributed by atoms with Crippen LogP contribution in [0, 0.1) is 0 Å². The largest absolute Gasteiger partial charge is 0.462 e. The summed E-state index contributed by atoms with van der Waals surface area (Å²) < 4.78 is 29.7. The number of pyridine rings is 1. The van der Waals surface area contributed by atoms with E-state index in [2.05, 4.69) is 14.8 Å². The van der Waals surface area contributed by atoms with Gasteiger partial charge in [-0.1, -0.05) is 18.2 Å². The zero-order valence-electron chi connectivity index (χ0n) is 16.7. The number of esters is 1.